The molecule has 106 valence electrons. The lowest BCUT2D eigenvalue weighted by atomic mass is 9.98. The van der Waals surface area contributed by atoms with Gasteiger partial charge in [-0.2, -0.15) is 0 Å². The molecule has 0 heterocycles. The largest absolute Gasteiger partial charge is 0.306 e. The van der Waals surface area contributed by atoms with Crippen LogP contribution in [0.4, 0.5) is 8.78 Å². The average Bonchev–Trinajstić information content (AvgIpc) is 2.38. The van der Waals surface area contributed by atoms with E-state index in [4.69, 9.17) is 11.6 Å². The Labute approximate surface area is 130 Å². The predicted molar refractivity (Wildman–Crippen MR) is 81.0 cm³/mol. The van der Waals surface area contributed by atoms with E-state index in [0.29, 0.717) is 11.6 Å². The van der Waals surface area contributed by atoms with Crippen molar-refractivity contribution in [3.05, 3.63) is 68.7 Å². The smallest absolute Gasteiger partial charge is 0.163 e. The second kappa shape index (κ2) is 6.66. The molecule has 1 N–H and O–H groups in total. The molecular formula is C15H13BrClF2N. The first-order chi connectivity index (χ1) is 9.52. The highest BCUT2D eigenvalue weighted by Crippen LogP contribution is 2.30. The molecule has 2 rings (SSSR count). The molecule has 0 aliphatic carbocycles. The third kappa shape index (κ3) is 3.37. The Morgan fingerprint density at radius 1 is 1.25 bits per heavy atom. The van der Waals surface area contributed by atoms with Gasteiger partial charge in [-0.25, -0.2) is 8.78 Å². The van der Waals surface area contributed by atoms with Crippen LogP contribution >= 0.6 is 27.5 Å². The number of hydrogen-bond acceptors (Lipinski definition) is 1. The Morgan fingerprint density at radius 2 is 2.00 bits per heavy atom. The Morgan fingerprint density at radius 3 is 2.65 bits per heavy atom. The lowest BCUT2D eigenvalue weighted by Crippen LogP contribution is -2.23. The minimum absolute atomic E-state index is 0.265. The molecule has 5 heteroatoms. The Kier molecular flexibility index (Phi) is 5.13. The van der Waals surface area contributed by atoms with Crippen molar-refractivity contribution in [2.24, 2.45) is 0 Å². The summed E-state index contributed by atoms with van der Waals surface area (Å²) in [6.45, 7) is 2.52. The van der Waals surface area contributed by atoms with Crippen molar-refractivity contribution in [2.75, 3.05) is 6.54 Å². The lowest BCUT2D eigenvalue weighted by molar-refractivity contribution is 0.483. The fourth-order valence-corrected chi connectivity index (χ4v) is 2.98. The highest BCUT2D eigenvalue weighted by atomic mass is 79.9. The second-order valence-electron chi connectivity index (χ2n) is 4.34. The minimum Gasteiger partial charge on any atom is -0.306 e. The van der Waals surface area contributed by atoms with Crippen LogP contribution in [0.25, 0.3) is 0 Å². The molecule has 0 fully saturated rings. The van der Waals surface area contributed by atoms with Gasteiger partial charge in [-0.15, -0.1) is 0 Å². The summed E-state index contributed by atoms with van der Waals surface area (Å²) >= 11 is 9.39. The fourth-order valence-electron chi connectivity index (χ4n) is 2.10. The van der Waals surface area contributed by atoms with Gasteiger partial charge >= 0.3 is 0 Å². The Hall–Kier alpha value is -0.970. The highest BCUT2D eigenvalue weighted by molar-refractivity contribution is 9.10. The van der Waals surface area contributed by atoms with Crippen molar-refractivity contribution < 1.29 is 8.78 Å². The minimum atomic E-state index is -0.855. The number of hydrogen-bond donors (Lipinski definition) is 1. The lowest BCUT2D eigenvalue weighted by Gasteiger charge is -2.20. The van der Waals surface area contributed by atoms with Crippen LogP contribution in [0.15, 0.2) is 40.9 Å². The third-order valence-corrected chi connectivity index (χ3v) is 3.59. The molecule has 0 saturated carbocycles. The van der Waals surface area contributed by atoms with Crippen LogP contribution < -0.4 is 5.32 Å². The number of halogens is 4. The van der Waals surface area contributed by atoms with Gasteiger partial charge in [0.25, 0.3) is 0 Å². The normalized spacial score (nSPS) is 12.4. The number of rotatable bonds is 4. The van der Waals surface area contributed by atoms with Crippen molar-refractivity contribution in [1.29, 1.82) is 0 Å². The Bertz CT molecular complexity index is 599. The first kappa shape index (κ1) is 15.4. The van der Waals surface area contributed by atoms with E-state index < -0.39 is 17.7 Å². The standard InChI is InChI=1S/C15H13BrClF2N/c1-2-20-15(9-6-10(16)8-11(17)7-9)12-4-3-5-13(18)14(12)19/h3-8,15,20H,2H2,1H3. The zero-order chi connectivity index (χ0) is 14.7. The molecule has 0 radical (unpaired) electrons. The fraction of sp³-hybridized carbons (Fsp3) is 0.200. The highest BCUT2D eigenvalue weighted by Gasteiger charge is 2.19. The van der Waals surface area contributed by atoms with Gasteiger partial charge in [0.1, 0.15) is 0 Å². The van der Waals surface area contributed by atoms with E-state index in [1.807, 2.05) is 13.0 Å². The summed E-state index contributed by atoms with van der Waals surface area (Å²) in [4.78, 5) is 0. The van der Waals surface area contributed by atoms with Crippen molar-refractivity contribution in [3.8, 4) is 0 Å². The molecule has 2 aromatic rings. The van der Waals surface area contributed by atoms with Gasteiger partial charge < -0.3 is 5.32 Å². The van der Waals surface area contributed by atoms with E-state index in [-0.39, 0.29) is 5.56 Å². The maximum atomic E-state index is 14.0. The van der Waals surface area contributed by atoms with Gasteiger partial charge in [-0.05, 0) is 36.4 Å². The third-order valence-electron chi connectivity index (χ3n) is 2.92. The van der Waals surface area contributed by atoms with Gasteiger partial charge in [0.05, 0.1) is 6.04 Å². The van der Waals surface area contributed by atoms with Crippen LogP contribution in [-0.4, -0.2) is 6.54 Å². The molecule has 20 heavy (non-hydrogen) atoms. The summed E-state index contributed by atoms with van der Waals surface area (Å²) in [5.74, 6) is -1.69. The molecule has 0 aromatic heterocycles. The van der Waals surface area contributed by atoms with Crippen LogP contribution in [0.3, 0.4) is 0 Å². The molecule has 1 nitrogen and oxygen atoms in total. The Balaban J connectivity index is 2.53. The predicted octanol–water partition coefficient (Wildman–Crippen LogP) is 5.08. The van der Waals surface area contributed by atoms with E-state index in [1.165, 1.54) is 6.07 Å². The number of benzene rings is 2. The quantitative estimate of drug-likeness (QED) is 0.802. The van der Waals surface area contributed by atoms with Crippen LogP contribution in [0.1, 0.15) is 24.1 Å². The van der Waals surface area contributed by atoms with E-state index in [1.54, 1.807) is 18.2 Å². The van der Waals surface area contributed by atoms with Gasteiger partial charge in [0, 0.05) is 15.1 Å². The first-order valence-corrected chi connectivity index (χ1v) is 7.33. The van der Waals surface area contributed by atoms with Crippen LogP contribution in [0, 0.1) is 11.6 Å². The van der Waals surface area contributed by atoms with Gasteiger partial charge in [0.2, 0.25) is 0 Å². The molecule has 0 saturated heterocycles. The van der Waals surface area contributed by atoms with Gasteiger partial charge in [-0.1, -0.05) is 46.6 Å². The summed E-state index contributed by atoms with van der Waals surface area (Å²) in [6, 6.07) is 9.04. The molecule has 0 aliphatic heterocycles. The van der Waals surface area contributed by atoms with Crippen LogP contribution in [0.5, 0.6) is 0 Å². The molecule has 0 aliphatic rings. The summed E-state index contributed by atoms with van der Waals surface area (Å²) < 4.78 is 28.2. The van der Waals surface area contributed by atoms with Gasteiger partial charge in [-0.3, -0.25) is 0 Å². The number of nitrogens with one attached hydrogen (secondary N) is 1. The zero-order valence-electron chi connectivity index (χ0n) is 10.8. The molecule has 1 unspecified atom stereocenters. The van der Waals surface area contributed by atoms with Crippen molar-refractivity contribution in [3.63, 3.8) is 0 Å². The summed E-state index contributed by atoms with van der Waals surface area (Å²) in [6.07, 6.45) is 0. The summed E-state index contributed by atoms with van der Waals surface area (Å²) in [5, 5.41) is 3.69. The van der Waals surface area contributed by atoms with E-state index >= 15 is 0 Å². The molecular weight excluding hydrogens is 348 g/mol. The van der Waals surface area contributed by atoms with Crippen molar-refractivity contribution in [2.45, 2.75) is 13.0 Å². The molecule has 0 bridgehead atoms. The zero-order valence-corrected chi connectivity index (χ0v) is 13.1. The molecule has 1 atom stereocenters. The summed E-state index contributed by atoms with van der Waals surface area (Å²) in [5.41, 5.74) is 1.04. The van der Waals surface area contributed by atoms with Gasteiger partial charge in [0.15, 0.2) is 11.6 Å². The maximum Gasteiger partial charge on any atom is 0.163 e. The van der Waals surface area contributed by atoms with E-state index in [2.05, 4.69) is 21.2 Å². The van der Waals surface area contributed by atoms with Crippen molar-refractivity contribution >= 4 is 27.5 Å². The second-order valence-corrected chi connectivity index (χ2v) is 5.69. The monoisotopic (exact) mass is 359 g/mol. The maximum absolute atomic E-state index is 14.0. The van der Waals surface area contributed by atoms with E-state index in [0.717, 1.165) is 16.1 Å². The molecule has 0 amide bonds. The summed E-state index contributed by atoms with van der Waals surface area (Å²) in [7, 11) is 0. The van der Waals surface area contributed by atoms with E-state index in [9.17, 15) is 8.78 Å². The average molecular weight is 361 g/mol. The first-order valence-electron chi connectivity index (χ1n) is 6.16. The van der Waals surface area contributed by atoms with Crippen molar-refractivity contribution in [1.82, 2.24) is 5.32 Å². The van der Waals surface area contributed by atoms with Crippen LogP contribution in [-0.2, 0) is 0 Å². The topological polar surface area (TPSA) is 12.0 Å². The van der Waals surface area contributed by atoms with Crippen LogP contribution in [0.2, 0.25) is 5.02 Å². The SMILES string of the molecule is CCNC(c1cc(Cl)cc(Br)c1)c1cccc(F)c1F. The molecule has 0 spiro atoms. The molecule has 2 aromatic carbocycles.